The summed E-state index contributed by atoms with van der Waals surface area (Å²) in [5.74, 6) is 1.66. The number of ether oxygens (including phenoxy) is 1. The van der Waals surface area contributed by atoms with Gasteiger partial charge in [0.25, 0.3) is 0 Å². The molecule has 5 aliphatic rings. The summed E-state index contributed by atoms with van der Waals surface area (Å²) in [5, 5.41) is 1.36. The number of benzene rings is 1. The monoisotopic (exact) mass is 458 g/mol. The van der Waals surface area contributed by atoms with Crippen molar-refractivity contribution < 1.29 is 4.74 Å². The molecule has 2 aliphatic heterocycles. The lowest BCUT2D eigenvalue weighted by atomic mass is 9.48. The molecule has 0 amide bonds. The molecule has 1 saturated heterocycles. The molecule has 4 fully saturated rings. The van der Waals surface area contributed by atoms with E-state index in [1.165, 1.54) is 47.8 Å². The van der Waals surface area contributed by atoms with Crippen LogP contribution in [0.25, 0.3) is 10.9 Å². The first-order chi connectivity index (χ1) is 16.5. The number of fused-ring (bicyclic) bond motifs is 3. The second-order valence-electron chi connectivity index (χ2n) is 11.1. The Kier molecular flexibility index (Phi) is 5.45. The molecule has 2 atom stereocenters. The van der Waals surface area contributed by atoms with Crippen LogP contribution in [0.1, 0.15) is 56.8 Å². The minimum Gasteiger partial charge on any atom is -0.472 e. The highest BCUT2D eigenvalue weighted by molar-refractivity contribution is 5.88. The predicted molar refractivity (Wildman–Crippen MR) is 139 cm³/mol. The lowest BCUT2D eigenvalue weighted by Gasteiger charge is -2.70. The van der Waals surface area contributed by atoms with Gasteiger partial charge in [0.05, 0.1) is 6.04 Å². The van der Waals surface area contributed by atoms with E-state index in [1.54, 1.807) is 0 Å². The Morgan fingerprint density at radius 1 is 1.24 bits per heavy atom. The molecule has 3 saturated carbocycles. The number of hydrogen-bond acceptors (Lipinski definition) is 4. The van der Waals surface area contributed by atoms with E-state index in [0.29, 0.717) is 17.5 Å². The van der Waals surface area contributed by atoms with Crippen molar-refractivity contribution in [1.82, 2.24) is 14.8 Å². The molecule has 1 aromatic heterocycles. The van der Waals surface area contributed by atoms with Crippen molar-refractivity contribution in [3.63, 3.8) is 0 Å². The number of H-pyrrole nitrogens is 1. The van der Waals surface area contributed by atoms with Gasteiger partial charge in [-0.05, 0) is 68.7 Å². The van der Waals surface area contributed by atoms with E-state index >= 15 is 0 Å². The van der Waals surface area contributed by atoms with Crippen molar-refractivity contribution in [2.45, 2.75) is 69.7 Å². The van der Waals surface area contributed by atoms with Crippen molar-refractivity contribution in [3.8, 4) is 0 Å². The number of hydrogen-bond donors (Lipinski definition) is 1. The second kappa shape index (κ2) is 8.39. The Balaban J connectivity index is 1.26. The number of likely N-dealkylation sites (tertiary alicyclic amines) is 1. The summed E-state index contributed by atoms with van der Waals surface area (Å²) < 4.78 is 6.18. The van der Waals surface area contributed by atoms with E-state index in [9.17, 15) is 0 Å². The first-order valence-electron chi connectivity index (χ1n) is 13.1. The van der Waals surface area contributed by atoms with Crippen molar-refractivity contribution in [2.24, 2.45) is 10.9 Å². The van der Waals surface area contributed by atoms with Crippen molar-refractivity contribution in [2.75, 3.05) is 26.7 Å². The smallest absolute Gasteiger partial charge is 0.208 e. The lowest BCUT2D eigenvalue weighted by Crippen LogP contribution is -2.71. The topological polar surface area (TPSA) is 43.9 Å². The van der Waals surface area contributed by atoms with Crippen LogP contribution < -0.4 is 0 Å². The molecular weight excluding hydrogens is 420 g/mol. The first kappa shape index (κ1) is 22.1. The Labute approximate surface area is 203 Å². The summed E-state index contributed by atoms with van der Waals surface area (Å²) in [6, 6.07) is 9.42. The molecule has 5 heteroatoms. The summed E-state index contributed by atoms with van der Waals surface area (Å²) in [4.78, 5) is 13.5. The largest absolute Gasteiger partial charge is 0.472 e. The van der Waals surface area contributed by atoms with Crippen LogP contribution in [0.5, 0.6) is 0 Å². The van der Waals surface area contributed by atoms with E-state index in [-0.39, 0.29) is 12.1 Å². The van der Waals surface area contributed by atoms with Crippen molar-refractivity contribution in [3.05, 3.63) is 59.8 Å². The normalized spacial score (nSPS) is 31.7. The zero-order chi connectivity index (χ0) is 23.4. The standard InChI is InChI=1S/C29H38N4O/c1-5-12-32-17-22(18-32)34-26(30-4)11-10-19(2)28-27-24(23-8-6-7-9-25(23)31-27)13-20(3)33(28)29-14-21(15-29)16-29/h6-11,20-22,28,31H,2,5,12-18H2,1,3-4H3/b11-10-,30-26?/t20-,21?,28-,29?/m1/s1. The average Bonchev–Trinajstić information content (AvgIpc) is 3.10. The first-order valence-corrected chi connectivity index (χ1v) is 13.1. The minimum absolute atomic E-state index is 0.172. The maximum Gasteiger partial charge on any atom is 0.208 e. The zero-order valence-electron chi connectivity index (χ0n) is 20.9. The van der Waals surface area contributed by atoms with E-state index in [4.69, 9.17) is 4.74 Å². The molecule has 0 radical (unpaired) electrons. The molecule has 3 aliphatic carbocycles. The minimum atomic E-state index is 0.172. The molecule has 3 heterocycles. The van der Waals surface area contributed by atoms with Gasteiger partial charge in [-0.25, -0.2) is 0 Å². The number of nitrogens with one attached hydrogen (secondary N) is 1. The molecule has 0 spiro atoms. The van der Waals surface area contributed by atoms with Gasteiger partial charge in [0, 0.05) is 54.4 Å². The summed E-state index contributed by atoms with van der Waals surface area (Å²) in [6.07, 6.45) is 10.8. The molecule has 1 N–H and O–H groups in total. The van der Waals surface area contributed by atoms with Crippen LogP contribution >= 0.6 is 0 Å². The third kappa shape index (κ3) is 3.47. The summed E-state index contributed by atoms with van der Waals surface area (Å²) >= 11 is 0. The summed E-state index contributed by atoms with van der Waals surface area (Å²) in [7, 11) is 1.82. The van der Waals surface area contributed by atoms with Crippen molar-refractivity contribution >= 4 is 16.8 Å². The van der Waals surface area contributed by atoms with Gasteiger partial charge in [-0.2, -0.15) is 0 Å². The van der Waals surface area contributed by atoms with E-state index in [1.807, 2.05) is 13.1 Å². The number of para-hydroxylation sites is 1. The second-order valence-corrected chi connectivity index (χ2v) is 11.1. The molecule has 34 heavy (non-hydrogen) atoms. The molecular formula is C29H38N4O. The fraction of sp³-hybridized carbons (Fsp3) is 0.552. The Bertz CT molecular complexity index is 1140. The lowest BCUT2D eigenvalue weighted by molar-refractivity contribution is -0.174. The highest BCUT2D eigenvalue weighted by Crippen LogP contribution is 2.64. The number of aliphatic imine (C=N–C) groups is 1. The van der Waals surface area contributed by atoms with Crippen LogP contribution in [0.2, 0.25) is 0 Å². The fourth-order valence-electron chi connectivity index (χ4n) is 7.02. The highest BCUT2D eigenvalue weighted by atomic mass is 16.5. The molecule has 180 valence electrons. The van der Waals surface area contributed by atoms with Gasteiger partial charge in [0.1, 0.15) is 6.10 Å². The van der Waals surface area contributed by atoms with Crippen LogP contribution in [0.3, 0.4) is 0 Å². The predicted octanol–water partition coefficient (Wildman–Crippen LogP) is 5.26. The number of aromatic nitrogens is 1. The fourth-order valence-corrected chi connectivity index (χ4v) is 7.02. The Morgan fingerprint density at radius 3 is 2.68 bits per heavy atom. The van der Waals surface area contributed by atoms with Crippen LogP contribution in [0.4, 0.5) is 0 Å². The van der Waals surface area contributed by atoms with Crippen LogP contribution in [0, 0.1) is 5.92 Å². The van der Waals surface area contributed by atoms with Gasteiger partial charge in [0.15, 0.2) is 0 Å². The molecule has 0 unspecified atom stereocenters. The Morgan fingerprint density at radius 2 is 2.00 bits per heavy atom. The van der Waals surface area contributed by atoms with E-state index in [2.05, 4.69) is 70.5 Å². The van der Waals surface area contributed by atoms with Gasteiger partial charge >= 0.3 is 0 Å². The van der Waals surface area contributed by atoms with E-state index in [0.717, 1.165) is 37.5 Å². The van der Waals surface area contributed by atoms with Gasteiger partial charge in [-0.1, -0.05) is 37.8 Å². The molecule has 5 nitrogen and oxygen atoms in total. The molecule has 1 aromatic carbocycles. The number of nitrogens with zero attached hydrogens (tertiary/aromatic N) is 3. The summed E-state index contributed by atoms with van der Waals surface area (Å²) in [5.41, 5.74) is 5.53. The third-order valence-electron chi connectivity index (χ3n) is 8.69. The number of aromatic amines is 1. The van der Waals surface area contributed by atoms with Crippen LogP contribution in [0.15, 0.2) is 53.6 Å². The average molecular weight is 459 g/mol. The van der Waals surface area contributed by atoms with Crippen LogP contribution in [-0.4, -0.2) is 65.0 Å². The van der Waals surface area contributed by atoms with E-state index < -0.39 is 0 Å². The zero-order valence-corrected chi connectivity index (χ0v) is 20.9. The number of rotatable bonds is 7. The van der Waals surface area contributed by atoms with Crippen LogP contribution in [-0.2, 0) is 11.2 Å². The van der Waals surface area contributed by atoms with Gasteiger partial charge < -0.3 is 9.72 Å². The quantitative estimate of drug-likeness (QED) is 0.350. The van der Waals surface area contributed by atoms with Gasteiger partial charge in [-0.3, -0.25) is 14.8 Å². The Hall–Kier alpha value is -2.37. The SMILES string of the molecule is C=C(/C=C\C(=NC)OC1CN(CCC)C1)[C@@H]1c2[nH]c3ccccc3c2C[C@@H](C)N1C12CC(C1)C2. The highest BCUT2D eigenvalue weighted by Gasteiger charge is 2.63. The maximum atomic E-state index is 6.18. The maximum absolute atomic E-state index is 6.18. The van der Waals surface area contributed by atoms with Gasteiger partial charge in [0.2, 0.25) is 5.90 Å². The molecule has 7 rings (SSSR count). The molecule has 2 aromatic rings. The summed E-state index contributed by atoms with van der Waals surface area (Å²) in [6.45, 7) is 12.4. The third-order valence-corrected chi connectivity index (χ3v) is 8.69. The van der Waals surface area contributed by atoms with Crippen molar-refractivity contribution in [1.29, 1.82) is 0 Å². The molecule has 2 bridgehead atoms. The van der Waals surface area contributed by atoms with Gasteiger partial charge in [-0.15, -0.1) is 0 Å².